The van der Waals surface area contributed by atoms with Crippen molar-refractivity contribution in [3.8, 4) is 11.5 Å². The van der Waals surface area contributed by atoms with E-state index in [9.17, 15) is 9.18 Å². The first-order chi connectivity index (χ1) is 15.0. The molecule has 2 aromatic rings. The first-order valence-corrected chi connectivity index (χ1v) is 10.9. The fraction of sp³-hybridized carbons (Fsp3) is 0.458. The molecule has 2 unspecified atom stereocenters. The summed E-state index contributed by atoms with van der Waals surface area (Å²) in [7, 11) is 0. The van der Waals surface area contributed by atoms with Gasteiger partial charge < -0.3 is 24.4 Å². The summed E-state index contributed by atoms with van der Waals surface area (Å²) >= 11 is 0. The predicted molar refractivity (Wildman–Crippen MR) is 118 cm³/mol. The van der Waals surface area contributed by atoms with Gasteiger partial charge in [-0.05, 0) is 56.2 Å². The van der Waals surface area contributed by atoms with E-state index in [-0.39, 0.29) is 23.9 Å². The molecule has 1 saturated heterocycles. The average Bonchev–Trinajstić information content (AvgIpc) is 2.96. The molecule has 2 aliphatic rings. The van der Waals surface area contributed by atoms with E-state index in [1.807, 2.05) is 36.9 Å². The molecular formula is C24H29FN2O4. The average molecular weight is 429 g/mol. The van der Waals surface area contributed by atoms with Crippen molar-refractivity contribution in [3.05, 3.63) is 47.8 Å². The van der Waals surface area contributed by atoms with Crippen molar-refractivity contribution in [1.82, 2.24) is 0 Å². The summed E-state index contributed by atoms with van der Waals surface area (Å²) in [5.74, 6) is 0.958. The topological polar surface area (TPSA) is 60.0 Å². The standard InChI is InChI=1S/C24H29FN2O4/c1-16-14-27(15-17(2)31-16)21-7-6-19(13-20(21)25)26-24(28)9-5-18-4-8-22-23(12-18)30-11-3-10-29-22/h4,6-8,12-13,16-17H,3,5,9-11,14-15H2,1-2H3,(H,26,28). The maximum absolute atomic E-state index is 14.7. The largest absolute Gasteiger partial charge is 0.490 e. The molecule has 4 rings (SSSR count). The molecule has 6 nitrogen and oxygen atoms in total. The number of nitrogens with one attached hydrogen (secondary N) is 1. The Kier molecular flexibility index (Phi) is 6.61. The second-order valence-electron chi connectivity index (χ2n) is 8.21. The van der Waals surface area contributed by atoms with Gasteiger partial charge in [-0.3, -0.25) is 4.79 Å². The Morgan fingerprint density at radius 2 is 1.81 bits per heavy atom. The maximum Gasteiger partial charge on any atom is 0.224 e. The molecule has 1 amide bonds. The van der Waals surface area contributed by atoms with E-state index in [2.05, 4.69) is 5.32 Å². The van der Waals surface area contributed by atoms with E-state index in [0.29, 0.717) is 50.5 Å². The van der Waals surface area contributed by atoms with Crippen molar-refractivity contribution in [1.29, 1.82) is 0 Å². The smallest absolute Gasteiger partial charge is 0.224 e. The van der Waals surface area contributed by atoms with E-state index in [0.717, 1.165) is 23.5 Å². The van der Waals surface area contributed by atoms with Crippen LogP contribution in [0.5, 0.6) is 11.5 Å². The number of carbonyl (C=O) groups excluding carboxylic acids is 1. The molecule has 2 aromatic carbocycles. The van der Waals surface area contributed by atoms with Gasteiger partial charge in [0.15, 0.2) is 11.5 Å². The Bertz CT molecular complexity index is 926. The predicted octanol–water partition coefficient (Wildman–Crippen LogP) is 4.17. The molecule has 2 atom stereocenters. The highest BCUT2D eigenvalue weighted by molar-refractivity contribution is 5.91. The highest BCUT2D eigenvalue weighted by atomic mass is 19.1. The van der Waals surface area contributed by atoms with Crippen LogP contribution in [0.1, 0.15) is 32.3 Å². The Morgan fingerprint density at radius 1 is 1.06 bits per heavy atom. The lowest BCUT2D eigenvalue weighted by Gasteiger charge is -2.37. The SMILES string of the molecule is CC1CN(c2ccc(NC(=O)CCc3ccc4c(c3)OCCCO4)cc2F)CC(C)O1. The van der Waals surface area contributed by atoms with E-state index in [1.54, 1.807) is 12.1 Å². The van der Waals surface area contributed by atoms with Crippen LogP contribution in [0, 0.1) is 5.82 Å². The third-order valence-electron chi connectivity index (χ3n) is 5.44. The highest BCUT2D eigenvalue weighted by Gasteiger charge is 2.24. The van der Waals surface area contributed by atoms with Gasteiger partial charge in [-0.15, -0.1) is 0 Å². The van der Waals surface area contributed by atoms with Crippen LogP contribution >= 0.6 is 0 Å². The Balaban J connectivity index is 1.33. The monoisotopic (exact) mass is 428 g/mol. The molecule has 31 heavy (non-hydrogen) atoms. The zero-order valence-electron chi connectivity index (χ0n) is 18.0. The van der Waals surface area contributed by atoms with Crippen LogP contribution in [-0.2, 0) is 16.0 Å². The fourth-order valence-electron chi connectivity index (χ4n) is 4.06. The molecule has 166 valence electrons. The molecule has 0 bridgehead atoms. The summed E-state index contributed by atoms with van der Waals surface area (Å²) in [4.78, 5) is 14.4. The number of hydrogen-bond donors (Lipinski definition) is 1. The fourth-order valence-corrected chi connectivity index (χ4v) is 4.06. The molecule has 1 fully saturated rings. The molecule has 0 spiro atoms. The summed E-state index contributed by atoms with van der Waals surface area (Å²) in [6.07, 6.45) is 1.80. The minimum atomic E-state index is -0.345. The van der Waals surface area contributed by atoms with Crippen LogP contribution < -0.4 is 19.7 Å². The highest BCUT2D eigenvalue weighted by Crippen LogP contribution is 2.31. The number of halogens is 1. The zero-order chi connectivity index (χ0) is 21.8. The van der Waals surface area contributed by atoms with Gasteiger partial charge in [-0.25, -0.2) is 4.39 Å². The van der Waals surface area contributed by atoms with Crippen LogP contribution in [0.2, 0.25) is 0 Å². The van der Waals surface area contributed by atoms with Gasteiger partial charge in [-0.1, -0.05) is 6.07 Å². The molecule has 2 aliphatic heterocycles. The minimum Gasteiger partial charge on any atom is -0.490 e. The van der Waals surface area contributed by atoms with Gasteiger partial charge in [0, 0.05) is 31.6 Å². The van der Waals surface area contributed by atoms with E-state index in [4.69, 9.17) is 14.2 Å². The van der Waals surface area contributed by atoms with E-state index >= 15 is 0 Å². The van der Waals surface area contributed by atoms with Crippen LogP contribution in [0.4, 0.5) is 15.8 Å². The van der Waals surface area contributed by atoms with E-state index in [1.165, 1.54) is 6.07 Å². The summed E-state index contributed by atoms with van der Waals surface area (Å²) < 4.78 is 31.8. The summed E-state index contributed by atoms with van der Waals surface area (Å²) in [5, 5.41) is 2.79. The molecule has 0 aliphatic carbocycles. The van der Waals surface area contributed by atoms with Gasteiger partial charge in [0.2, 0.25) is 5.91 Å². The number of ether oxygens (including phenoxy) is 3. The number of amides is 1. The number of aryl methyl sites for hydroxylation is 1. The molecule has 1 N–H and O–H groups in total. The van der Waals surface area contributed by atoms with Gasteiger partial charge in [0.05, 0.1) is 31.1 Å². The second-order valence-corrected chi connectivity index (χ2v) is 8.21. The van der Waals surface area contributed by atoms with Gasteiger partial charge in [-0.2, -0.15) is 0 Å². The number of anilines is 2. The lowest BCUT2D eigenvalue weighted by molar-refractivity contribution is -0.116. The lowest BCUT2D eigenvalue weighted by Crippen LogP contribution is -2.45. The van der Waals surface area contributed by atoms with Crippen LogP contribution in [0.3, 0.4) is 0 Å². The molecule has 0 saturated carbocycles. The third-order valence-corrected chi connectivity index (χ3v) is 5.44. The molecule has 2 heterocycles. The summed E-state index contributed by atoms with van der Waals surface area (Å²) in [5.41, 5.74) is 1.99. The molecule has 7 heteroatoms. The zero-order valence-corrected chi connectivity index (χ0v) is 18.0. The number of benzene rings is 2. The quantitative estimate of drug-likeness (QED) is 0.775. The minimum absolute atomic E-state index is 0.0486. The number of fused-ring (bicyclic) bond motifs is 1. The molecule has 0 aromatic heterocycles. The molecule has 0 radical (unpaired) electrons. The number of carbonyl (C=O) groups is 1. The summed E-state index contributed by atoms with van der Waals surface area (Å²) in [6.45, 7) is 6.52. The van der Waals surface area contributed by atoms with Crippen LogP contribution in [-0.4, -0.2) is 44.4 Å². The third kappa shape index (κ3) is 5.47. The van der Waals surface area contributed by atoms with Crippen molar-refractivity contribution in [2.45, 2.75) is 45.3 Å². The van der Waals surface area contributed by atoms with Crippen molar-refractivity contribution >= 4 is 17.3 Å². The van der Waals surface area contributed by atoms with Crippen molar-refractivity contribution in [2.24, 2.45) is 0 Å². The van der Waals surface area contributed by atoms with Gasteiger partial charge in [0.25, 0.3) is 0 Å². The van der Waals surface area contributed by atoms with Crippen LogP contribution in [0.15, 0.2) is 36.4 Å². The number of hydrogen-bond acceptors (Lipinski definition) is 5. The van der Waals surface area contributed by atoms with Crippen molar-refractivity contribution < 1.29 is 23.4 Å². The summed E-state index contributed by atoms with van der Waals surface area (Å²) in [6, 6.07) is 10.6. The Morgan fingerprint density at radius 3 is 2.55 bits per heavy atom. The van der Waals surface area contributed by atoms with E-state index < -0.39 is 0 Å². The van der Waals surface area contributed by atoms with Crippen molar-refractivity contribution in [3.63, 3.8) is 0 Å². The second kappa shape index (κ2) is 9.56. The normalized spacial score (nSPS) is 20.8. The number of nitrogens with zero attached hydrogens (tertiary/aromatic N) is 1. The van der Waals surface area contributed by atoms with Gasteiger partial charge >= 0.3 is 0 Å². The Labute approximate surface area is 182 Å². The van der Waals surface area contributed by atoms with Crippen molar-refractivity contribution in [2.75, 3.05) is 36.5 Å². The van der Waals surface area contributed by atoms with Crippen LogP contribution in [0.25, 0.3) is 0 Å². The molecular weight excluding hydrogens is 399 g/mol. The van der Waals surface area contributed by atoms with Gasteiger partial charge in [0.1, 0.15) is 5.82 Å². The number of morpholine rings is 1. The lowest BCUT2D eigenvalue weighted by atomic mass is 10.1. The first-order valence-electron chi connectivity index (χ1n) is 10.9. The number of rotatable bonds is 5. The maximum atomic E-state index is 14.7. The first kappa shape index (κ1) is 21.4. The Hall–Kier alpha value is -2.80.